The average Bonchev–Trinajstić information content (AvgIpc) is 3.16. The number of rotatable bonds is 6. The summed E-state index contributed by atoms with van der Waals surface area (Å²) in [5.74, 6) is 1.30. The van der Waals surface area contributed by atoms with Crippen molar-refractivity contribution in [2.75, 3.05) is 18.0 Å². The van der Waals surface area contributed by atoms with Crippen LogP contribution in [0.2, 0.25) is 0 Å². The van der Waals surface area contributed by atoms with Gasteiger partial charge in [-0.2, -0.15) is 0 Å². The van der Waals surface area contributed by atoms with E-state index in [0.717, 1.165) is 37.3 Å². The van der Waals surface area contributed by atoms with E-state index in [2.05, 4.69) is 29.0 Å². The van der Waals surface area contributed by atoms with Gasteiger partial charge in [0, 0.05) is 30.8 Å². The van der Waals surface area contributed by atoms with Crippen LogP contribution in [0.4, 0.5) is 5.82 Å². The van der Waals surface area contributed by atoms with Crippen molar-refractivity contribution < 1.29 is 4.79 Å². The van der Waals surface area contributed by atoms with Gasteiger partial charge in [0.25, 0.3) is 5.91 Å². The summed E-state index contributed by atoms with van der Waals surface area (Å²) in [5.41, 5.74) is 1.37. The number of nitrogens with zero attached hydrogens (tertiary/aromatic N) is 3. The summed E-state index contributed by atoms with van der Waals surface area (Å²) >= 11 is 0. The molecule has 1 aromatic carbocycles. The second kappa shape index (κ2) is 8.10. The molecule has 0 saturated heterocycles. The van der Waals surface area contributed by atoms with E-state index in [1.165, 1.54) is 12.8 Å². The Bertz CT molecular complexity index is 707. The van der Waals surface area contributed by atoms with Crippen LogP contribution in [0.15, 0.2) is 36.4 Å². The molecule has 0 spiro atoms. The minimum atomic E-state index is -0.0973. The molecule has 5 heteroatoms. The van der Waals surface area contributed by atoms with E-state index in [9.17, 15) is 4.79 Å². The number of carbonyl (C=O) groups is 1. The molecule has 1 saturated carbocycles. The molecule has 1 aliphatic carbocycles. The zero-order valence-electron chi connectivity index (χ0n) is 15.0. The lowest BCUT2D eigenvalue weighted by atomic mass is 10.2. The highest BCUT2D eigenvalue weighted by Gasteiger charge is 2.20. The summed E-state index contributed by atoms with van der Waals surface area (Å²) in [5, 5.41) is 3.13. The molecule has 0 bridgehead atoms. The minimum absolute atomic E-state index is 0.0973. The third-order valence-electron chi connectivity index (χ3n) is 4.76. The maximum absolute atomic E-state index is 12.7. The first-order chi connectivity index (χ1) is 12.2. The largest absolute Gasteiger partial charge is 0.357 e. The monoisotopic (exact) mass is 338 g/mol. The van der Waals surface area contributed by atoms with E-state index in [0.29, 0.717) is 11.5 Å². The SMILES string of the molecule is CCN(CC)c1cc(C(=O)NC2CCCC2)nc(-c2ccccc2)n1. The molecule has 5 nitrogen and oxygen atoms in total. The Morgan fingerprint density at radius 3 is 2.44 bits per heavy atom. The second-order valence-corrected chi connectivity index (χ2v) is 6.43. The lowest BCUT2D eigenvalue weighted by Gasteiger charge is -2.21. The van der Waals surface area contributed by atoms with Crippen molar-refractivity contribution >= 4 is 11.7 Å². The molecule has 0 unspecified atom stereocenters. The smallest absolute Gasteiger partial charge is 0.270 e. The first-order valence-corrected chi connectivity index (χ1v) is 9.21. The van der Waals surface area contributed by atoms with E-state index in [1.54, 1.807) is 0 Å². The van der Waals surface area contributed by atoms with Gasteiger partial charge in [-0.3, -0.25) is 4.79 Å². The van der Waals surface area contributed by atoms with E-state index >= 15 is 0 Å². The number of nitrogens with one attached hydrogen (secondary N) is 1. The fraction of sp³-hybridized carbons (Fsp3) is 0.450. The third-order valence-corrected chi connectivity index (χ3v) is 4.76. The first-order valence-electron chi connectivity index (χ1n) is 9.21. The number of anilines is 1. The molecule has 3 rings (SSSR count). The van der Waals surface area contributed by atoms with Crippen molar-refractivity contribution in [3.8, 4) is 11.4 Å². The van der Waals surface area contributed by atoms with Crippen molar-refractivity contribution in [1.29, 1.82) is 0 Å². The van der Waals surface area contributed by atoms with Gasteiger partial charge in [-0.1, -0.05) is 43.2 Å². The zero-order chi connectivity index (χ0) is 17.6. The molecule has 1 N–H and O–H groups in total. The van der Waals surface area contributed by atoms with E-state index in [4.69, 9.17) is 4.98 Å². The molecule has 1 aliphatic rings. The van der Waals surface area contributed by atoms with Gasteiger partial charge in [0.05, 0.1) is 0 Å². The van der Waals surface area contributed by atoms with E-state index in [1.807, 2.05) is 36.4 Å². The Morgan fingerprint density at radius 2 is 1.80 bits per heavy atom. The highest BCUT2D eigenvalue weighted by molar-refractivity contribution is 5.93. The molecule has 1 aromatic heterocycles. The molecule has 132 valence electrons. The van der Waals surface area contributed by atoms with Crippen LogP contribution in [0, 0.1) is 0 Å². The summed E-state index contributed by atoms with van der Waals surface area (Å²) in [7, 11) is 0. The van der Waals surface area contributed by atoms with Crippen LogP contribution < -0.4 is 10.2 Å². The zero-order valence-corrected chi connectivity index (χ0v) is 15.0. The van der Waals surface area contributed by atoms with Crippen molar-refractivity contribution in [3.05, 3.63) is 42.1 Å². The molecule has 1 heterocycles. The Hall–Kier alpha value is -2.43. The lowest BCUT2D eigenvalue weighted by molar-refractivity contribution is 0.0933. The molecule has 0 radical (unpaired) electrons. The molecular weight excluding hydrogens is 312 g/mol. The molecule has 25 heavy (non-hydrogen) atoms. The van der Waals surface area contributed by atoms with Crippen LogP contribution in [0.3, 0.4) is 0 Å². The molecular formula is C20H26N4O. The Balaban J connectivity index is 1.95. The average molecular weight is 338 g/mol. The predicted molar refractivity (Wildman–Crippen MR) is 101 cm³/mol. The molecule has 0 atom stereocenters. The maximum atomic E-state index is 12.7. The van der Waals surface area contributed by atoms with E-state index < -0.39 is 0 Å². The van der Waals surface area contributed by atoms with Gasteiger partial charge in [-0.25, -0.2) is 9.97 Å². The first kappa shape index (κ1) is 17.4. The second-order valence-electron chi connectivity index (χ2n) is 6.43. The van der Waals surface area contributed by atoms with E-state index in [-0.39, 0.29) is 11.9 Å². The number of hydrogen-bond donors (Lipinski definition) is 1. The summed E-state index contributed by atoms with van der Waals surface area (Å²) < 4.78 is 0. The number of amides is 1. The van der Waals surface area contributed by atoms with Crippen LogP contribution >= 0.6 is 0 Å². The minimum Gasteiger partial charge on any atom is -0.357 e. The summed E-state index contributed by atoms with van der Waals surface area (Å²) in [4.78, 5) is 24.1. The van der Waals surface area contributed by atoms with Crippen LogP contribution in [0.1, 0.15) is 50.0 Å². The highest BCUT2D eigenvalue weighted by Crippen LogP contribution is 2.22. The van der Waals surface area contributed by atoms with Crippen molar-refractivity contribution in [1.82, 2.24) is 15.3 Å². The van der Waals surface area contributed by atoms with Crippen molar-refractivity contribution in [3.63, 3.8) is 0 Å². The van der Waals surface area contributed by atoms with Gasteiger partial charge in [-0.15, -0.1) is 0 Å². The predicted octanol–water partition coefficient (Wildman–Crippen LogP) is 3.66. The third kappa shape index (κ3) is 4.16. The fourth-order valence-corrected chi connectivity index (χ4v) is 3.31. The highest BCUT2D eigenvalue weighted by atomic mass is 16.1. The fourth-order valence-electron chi connectivity index (χ4n) is 3.31. The molecule has 1 amide bonds. The normalized spacial score (nSPS) is 14.5. The Labute approximate surface area is 149 Å². The van der Waals surface area contributed by atoms with Crippen LogP contribution in [-0.4, -0.2) is 35.0 Å². The number of carbonyl (C=O) groups excluding carboxylic acids is 1. The quantitative estimate of drug-likeness (QED) is 0.873. The molecule has 1 fully saturated rings. The number of aromatic nitrogens is 2. The van der Waals surface area contributed by atoms with Gasteiger partial charge < -0.3 is 10.2 Å². The van der Waals surface area contributed by atoms with Crippen molar-refractivity contribution in [2.24, 2.45) is 0 Å². The number of benzene rings is 1. The van der Waals surface area contributed by atoms with Gasteiger partial charge in [0.1, 0.15) is 11.5 Å². The van der Waals surface area contributed by atoms with Gasteiger partial charge >= 0.3 is 0 Å². The van der Waals surface area contributed by atoms with Gasteiger partial charge in [-0.05, 0) is 26.7 Å². The maximum Gasteiger partial charge on any atom is 0.270 e. The van der Waals surface area contributed by atoms with Gasteiger partial charge in [0.15, 0.2) is 5.82 Å². The lowest BCUT2D eigenvalue weighted by Crippen LogP contribution is -2.33. The summed E-state index contributed by atoms with van der Waals surface area (Å²) in [6.07, 6.45) is 4.50. The Kier molecular flexibility index (Phi) is 5.64. The summed E-state index contributed by atoms with van der Waals surface area (Å²) in [6.45, 7) is 5.86. The number of hydrogen-bond acceptors (Lipinski definition) is 4. The summed E-state index contributed by atoms with van der Waals surface area (Å²) in [6, 6.07) is 11.9. The standard InChI is InChI=1S/C20H26N4O/c1-3-24(4-2)18-14-17(20(25)21-16-12-8-9-13-16)22-19(23-18)15-10-6-5-7-11-15/h5-7,10-11,14,16H,3-4,8-9,12-13H2,1-2H3,(H,21,25). The Morgan fingerprint density at radius 1 is 1.12 bits per heavy atom. The topological polar surface area (TPSA) is 58.1 Å². The molecule has 2 aromatic rings. The van der Waals surface area contributed by atoms with Crippen molar-refractivity contribution in [2.45, 2.75) is 45.6 Å². The molecule has 0 aliphatic heterocycles. The van der Waals surface area contributed by atoms with Crippen LogP contribution in [-0.2, 0) is 0 Å². The van der Waals surface area contributed by atoms with Crippen LogP contribution in [0.25, 0.3) is 11.4 Å². The van der Waals surface area contributed by atoms with Gasteiger partial charge in [0.2, 0.25) is 0 Å². The van der Waals surface area contributed by atoms with Crippen LogP contribution in [0.5, 0.6) is 0 Å².